The molecule has 1 amide bonds. The van der Waals surface area contributed by atoms with Gasteiger partial charge in [-0.3, -0.25) is 9.36 Å². The predicted molar refractivity (Wildman–Crippen MR) is 137 cm³/mol. The number of ether oxygens (including phenoxy) is 3. The van der Waals surface area contributed by atoms with Crippen LogP contribution >= 0.6 is 11.8 Å². The van der Waals surface area contributed by atoms with Crippen LogP contribution in [0.2, 0.25) is 0 Å². The predicted octanol–water partition coefficient (Wildman–Crippen LogP) is 5.00. The molecule has 1 N–H and O–H groups in total. The SMILES string of the molecule is COc1ccc(-c2nnc(SCC(=O)Nc3cc(OC)ccc3OC)n2-c2ccccc2C)cc1. The highest BCUT2D eigenvalue weighted by Gasteiger charge is 2.19. The number of hydrogen-bond donors (Lipinski definition) is 1. The topological polar surface area (TPSA) is 87.5 Å². The van der Waals surface area contributed by atoms with E-state index in [0.717, 1.165) is 22.6 Å². The van der Waals surface area contributed by atoms with Gasteiger partial charge in [0.05, 0.1) is 38.5 Å². The first kappa shape index (κ1) is 24.2. The zero-order valence-electron chi connectivity index (χ0n) is 19.9. The summed E-state index contributed by atoms with van der Waals surface area (Å²) in [5.74, 6) is 2.54. The molecule has 1 heterocycles. The van der Waals surface area contributed by atoms with Crippen LogP contribution in [0, 0.1) is 6.92 Å². The van der Waals surface area contributed by atoms with Crippen molar-refractivity contribution in [2.24, 2.45) is 0 Å². The van der Waals surface area contributed by atoms with Crippen LogP contribution in [0.15, 0.2) is 71.9 Å². The van der Waals surface area contributed by atoms with Crippen molar-refractivity contribution in [3.8, 4) is 34.3 Å². The van der Waals surface area contributed by atoms with Gasteiger partial charge in [0.15, 0.2) is 11.0 Å². The van der Waals surface area contributed by atoms with Gasteiger partial charge in [0.2, 0.25) is 5.91 Å². The Balaban J connectivity index is 1.61. The van der Waals surface area contributed by atoms with Crippen molar-refractivity contribution < 1.29 is 19.0 Å². The second-order valence-electron chi connectivity index (χ2n) is 7.56. The minimum Gasteiger partial charge on any atom is -0.497 e. The van der Waals surface area contributed by atoms with Gasteiger partial charge in [0.25, 0.3) is 0 Å². The number of nitrogens with zero attached hydrogens (tertiary/aromatic N) is 3. The Morgan fingerprint density at radius 2 is 1.63 bits per heavy atom. The van der Waals surface area contributed by atoms with E-state index in [1.54, 1.807) is 39.5 Å². The molecule has 8 nitrogen and oxygen atoms in total. The van der Waals surface area contributed by atoms with Crippen LogP contribution < -0.4 is 19.5 Å². The number of benzene rings is 3. The van der Waals surface area contributed by atoms with Gasteiger partial charge in [-0.25, -0.2) is 0 Å². The van der Waals surface area contributed by atoms with Gasteiger partial charge in [0, 0.05) is 11.6 Å². The fraction of sp³-hybridized carbons (Fsp3) is 0.192. The van der Waals surface area contributed by atoms with E-state index in [1.165, 1.54) is 11.8 Å². The molecule has 0 aliphatic heterocycles. The van der Waals surface area contributed by atoms with Crippen molar-refractivity contribution >= 4 is 23.4 Å². The number of rotatable bonds is 9. The summed E-state index contributed by atoms with van der Waals surface area (Å²) < 4.78 is 17.9. The van der Waals surface area contributed by atoms with E-state index in [4.69, 9.17) is 14.2 Å². The van der Waals surface area contributed by atoms with E-state index in [0.29, 0.717) is 28.2 Å². The summed E-state index contributed by atoms with van der Waals surface area (Å²) in [6, 6.07) is 20.9. The summed E-state index contributed by atoms with van der Waals surface area (Å²) in [6.45, 7) is 2.03. The number of amides is 1. The number of anilines is 1. The number of hydrogen-bond acceptors (Lipinski definition) is 7. The van der Waals surface area contributed by atoms with Crippen molar-refractivity contribution in [3.63, 3.8) is 0 Å². The average Bonchev–Trinajstić information content (AvgIpc) is 3.31. The molecule has 0 spiro atoms. The Bertz CT molecular complexity index is 1320. The van der Waals surface area contributed by atoms with Crippen LogP contribution in [-0.4, -0.2) is 47.8 Å². The quantitative estimate of drug-likeness (QED) is 0.330. The zero-order chi connectivity index (χ0) is 24.8. The molecule has 1 aromatic heterocycles. The minimum atomic E-state index is -0.202. The third kappa shape index (κ3) is 5.41. The molecule has 0 fully saturated rings. The van der Waals surface area contributed by atoms with E-state index in [9.17, 15) is 4.79 Å². The maximum atomic E-state index is 12.8. The molecule has 0 aliphatic rings. The molecule has 3 aromatic carbocycles. The smallest absolute Gasteiger partial charge is 0.234 e. The van der Waals surface area contributed by atoms with Crippen molar-refractivity contribution in [3.05, 3.63) is 72.3 Å². The number of aromatic nitrogens is 3. The van der Waals surface area contributed by atoms with E-state index in [1.807, 2.05) is 60.0 Å². The number of nitrogens with one attached hydrogen (secondary N) is 1. The minimum absolute atomic E-state index is 0.132. The van der Waals surface area contributed by atoms with Crippen LogP contribution in [0.4, 0.5) is 5.69 Å². The fourth-order valence-corrected chi connectivity index (χ4v) is 4.29. The second-order valence-corrected chi connectivity index (χ2v) is 8.50. The highest BCUT2D eigenvalue weighted by molar-refractivity contribution is 7.99. The monoisotopic (exact) mass is 490 g/mol. The molecule has 0 atom stereocenters. The summed E-state index contributed by atoms with van der Waals surface area (Å²) in [7, 11) is 4.76. The summed E-state index contributed by atoms with van der Waals surface area (Å²) in [5.41, 5.74) is 3.44. The van der Waals surface area contributed by atoms with Crippen molar-refractivity contribution in [1.29, 1.82) is 0 Å². The third-order valence-corrected chi connectivity index (χ3v) is 6.28. The largest absolute Gasteiger partial charge is 0.497 e. The summed E-state index contributed by atoms with van der Waals surface area (Å²) >= 11 is 1.31. The second kappa shape index (κ2) is 11.0. The van der Waals surface area contributed by atoms with E-state index < -0.39 is 0 Å². The highest BCUT2D eigenvalue weighted by atomic mass is 32.2. The van der Waals surface area contributed by atoms with Crippen molar-refractivity contribution in [1.82, 2.24) is 14.8 Å². The zero-order valence-corrected chi connectivity index (χ0v) is 20.8. The van der Waals surface area contributed by atoms with Crippen molar-refractivity contribution in [2.75, 3.05) is 32.4 Å². The average molecular weight is 491 g/mol. The molecular weight excluding hydrogens is 464 g/mol. The van der Waals surface area contributed by atoms with Crippen LogP contribution in [0.1, 0.15) is 5.56 Å². The number of para-hydroxylation sites is 1. The van der Waals surface area contributed by atoms with Gasteiger partial charge < -0.3 is 19.5 Å². The Kier molecular flexibility index (Phi) is 7.57. The first-order valence-electron chi connectivity index (χ1n) is 10.8. The molecule has 4 rings (SSSR count). The van der Waals surface area contributed by atoms with Gasteiger partial charge in [-0.2, -0.15) is 0 Å². The van der Waals surface area contributed by atoms with Gasteiger partial charge in [-0.05, 0) is 55.0 Å². The lowest BCUT2D eigenvalue weighted by Crippen LogP contribution is -2.15. The van der Waals surface area contributed by atoms with Gasteiger partial charge in [0.1, 0.15) is 17.2 Å². The molecule has 35 heavy (non-hydrogen) atoms. The molecule has 180 valence electrons. The third-order valence-electron chi connectivity index (χ3n) is 5.35. The summed E-state index contributed by atoms with van der Waals surface area (Å²) in [4.78, 5) is 12.8. The molecule has 9 heteroatoms. The van der Waals surface area contributed by atoms with Crippen LogP contribution in [0.25, 0.3) is 17.1 Å². The molecule has 4 aromatic rings. The Hall–Kier alpha value is -3.98. The maximum Gasteiger partial charge on any atom is 0.234 e. The first-order chi connectivity index (χ1) is 17.0. The van der Waals surface area contributed by atoms with Crippen LogP contribution in [-0.2, 0) is 4.79 Å². The lowest BCUT2D eigenvalue weighted by Gasteiger charge is -2.14. The molecular formula is C26H26N4O4S. The van der Waals surface area contributed by atoms with Gasteiger partial charge >= 0.3 is 0 Å². The lowest BCUT2D eigenvalue weighted by molar-refractivity contribution is -0.113. The Morgan fingerprint density at radius 1 is 0.914 bits per heavy atom. The summed E-state index contributed by atoms with van der Waals surface area (Å²) in [5, 5.41) is 12.4. The number of thioether (sulfide) groups is 1. The molecule has 0 saturated carbocycles. The number of aryl methyl sites for hydroxylation is 1. The van der Waals surface area contributed by atoms with E-state index in [-0.39, 0.29) is 11.7 Å². The number of methoxy groups -OCH3 is 3. The fourth-order valence-electron chi connectivity index (χ4n) is 3.55. The van der Waals surface area contributed by atoms with Crippen LogP contribution in [0.5, 0.6) is 17.2 Å². The molecule has 0 bridgehead atoms. The molecule has 0 aliphatic carbocycles. The summed E-state index contributed by atoms with van der Waals surface area (Å²) in [6.07, 6.45) is 0. The molecule has 0 radical (unpaired) electrons. The Morgan fingerprint density at radius 3 is 2.31 bits per heavy atom. The maximum absolute atomic E-state index is 12.8. The standard InChI is InChI=1S/C26H26N4O4S/c1-17-7-5-6-8-22(17)30-25(18-9-11-19(32-2)12-10-18)28-29-26(30)35-16-24(31)27-21-15-20(33-3)13-14-23(21)34-4/h5-15H,16H2,1-4H3,(H,27,31). The van der Waals surface area contributed by atoms with Gasteiger partial charge in [-0.1, -0.05) is 30.0 Å². The normalized spacial score (nSPS) is 10.6. The highest BCUT2D eigenvalue weighted by Crippen LogP contribution is 2.32. The number of carbonyl (C=O) groups is 1. The van der Waals surface area contributed by atoms with Crippen molar-refractivity contribution in [2.45, 2.75) is 12.1 Å². The molecule has 0 saturated heterocycles. The number of carbonyl (C=O) groups excluding carboxylic acids is 1. The van der Waals surface area contributed by atoms with Gasteiger partial charge in [-0.15, -0.1) is 10.2 Å². The Labute approximate surface area is 208 Å². The van der Waals surface area contributed by atoms with Crippen LogP contribution in [0.3, 0.4) is 0 Å². The first-order valence-corrected chi connectivity index (χ1v) is 11.8. The lowest BCUT2D eigenvalue weighted by atomic mass is 10.1. The molecule has 0 unspecified atom stereocenters. The van der Waals surface area contributed by atoms with E-state index in [2.05, 4.69) is 15.5 Å². The van der Waals surface area contributed by atoms with E-state index >= 15 is 0 Å².